The van der Waals surface area contributed by atoms with Gasteiger partial charge in [0.05, 0.1) is 12.1 Å². The summed E-state index contributed by atoms with van der Waals surface area (Å²) in [7, 11) is 1.64. The highest BCUT2D eigenvalue weighted by molar-refractivity contribution is 5.96. The fraction of sp³-hybridized carbons (Fsp3) is 0.286. The van der Waals surface area contributed by atoms with E-state index < -0.39 is 5.97 Å². The summed E-state index contributed by atoms with van der Waals surface area (Å²) in [5.74, 6) is 1.46. The van der Waals surface area contributed by atoms with Crippen LogP contribution >= 0.6 is 0 Å². The quantitative estimate of drug-likeness (QED) is 0.816. The predicted molar refractivity (Wildman–Crippen MR) is 71.3 cm³/mol. The second kappa shape index (κ2) is 5.02. The van der Waals surface area contributed by atoms with Gasteiger partial charge in [-0.15, -0.1) is 6.42 Å². The Morgan fingerprint density at radius 3 is 2.89 bits per heavy atom. The van der Waals surface area contributed by atoms with Gasteiger partial charge in [0, 0.05) is 19.3 Å². The Labute approximate surface area is 111 Å². The van der Waals surface area contributed by atoms with Crippen molar-refractivity contribution in [2.24, 2.45) is 0 Å². The van der Waals surface area contributed by atoms with Gasteiger partial charge in [-0.3, -0.25) is 4.90 Å². The van der Waals surface area contributed by atoms with Crippen molar-refractivity contribution in [1.29, 1.82) is 0 Å². The van der Waals surface area contributed by atoms with Gasteiger partial charge in [0.25, 0.3) is 0 Å². The Morgan fingerprint density at radius 1 is 1.53 bits per heavy atom. The Bertz CT molecular complexity index is 575. The number of carboxylic acids is 1. The molecule has 1 N–H and O–H groups in total. The minimum absolute atomic E-state index is 0.167. The first kappa shape index (κ1) is 13.0. The number of terminal acetylenes is 1. The number of amides is 2. The average Bonchev–Trinajstić information content (AvgIpc) is 2.80. The molecule has 0 saturated carbocycles. The van der Waals surface area contributed by atoms with E-state index in [9.17, 15) is 9.59 Å². The molecule has 98 valence electrons. The molecule has 0 bridgehead atoms. The van der Waals surface area contributed by atoms with Gasteiger partial charge < -0.3 is 10.0 Å². The molecule has 1 heterocycles. The first-order valence-electron chi connectivity index (χ1n) is 5.87. The minimum atomic E-state index is -0.961. The molecule has 5 nitrogen and oxygen atoms in total. The smallest absolute Gasteiger partial charge is 0.335 e. The molecule has 0 radical (unpaired) electrons. The van der Waals surface area contributed by atoms with Gasteiger partial charge in [-0.2, -0.15) is 0 Å². The number of carboxylic acid groups (broad SMARTS) is 1. The highest BCUT2D eigenvalue weighted by atomic mass is 16.4. The number of aromatic carboxylic acids is 1. The summed E-state index contributed by atoms with van der Waals surface area (Å²) in [6, 6.07) is 4.63. The van der Waals surface area contributed by atoms with E-state index in [1.807, 2.05) is 0 Å². The number of carbonyl (C=O) groups excluding carboxylic acids is 1. The number of fused-ring (bicyclic) bond motifs is 1. The zero-order valence-corrected chi connectivity index (χ0v) is 10.6. The molecule has 19 heavy (non-hydrogen) atoms. The third kappa shape index (κ3) is 2.38. The molecule has 0 aromatic heterocycles. The number of anilines is 1. The van der Waals surface area contributed by atoms with Crippen LogP contribution in [0.2, 0.25) is 0 Å². The van der Waals surface area contributed by atoms with Crippen molar-refractivity contribution in [3.8, 4) is 12.3 Å². The first-order chi connectivity index (χ1) is 9.04. The van der Waals surface area contributed by atoms with Crippen LogP contribution < -0.4 is 4.90 Å². The van der Waals surface area contributed by atoms with Gasteiger partial charge in [0.2, 0.25) is 0 Å². The van der Waals surface area contributed by atoms with E-state index in [-0.39, 0.29) is 18.1 Å². The fourth-order valence-corrected chi connectivity index (χ4v) is 2.14. The maximum Gasteiger partial charge on any atom is 0.335 e. The third-order valence-electron chi connectivity index (χ3n) is 3.11. The number of urea groups is 1. The molecule has 1 aromatic carbocycles. The molecule has 2 amide bonds. The van der Waals surface area contributed by atoms with Crippen molar-refractivity contribution in [1.82, 2.24) is 4.90 Å². The van der Waals surface area contributed by atoms with Gasteiger partial charge in [-0.25, -0.2) is 9.59 Å². The monoisotopic (exact) mass is 258 g/mol. The normalized spacial score (nSPS) is 12.7. The Hall–Kier alpha value is -2.48. The van der Waals surface area contributed by atoms with Gasteiger partial charge in [-0.05, 0) is 30.2 Å². The molecule has 0 fully saturated rings. The number of benzene rings is 1. The summed E-state index contributed by atoms with van der Waals surface area (Å²) in [6.07, 6.45) is 5.84. The predicted octanol–water partition coefficient (Wildman–Crippen LogP) is 1.43. The van der Waals surface area contributed by atoms with Crippen LogP contribution in [-0.2, 0) is 6.42 Å². The summed E-state index contributed by atoms with van der Waals surface area (Å²) >= 11 is 0. The van der Waals surface area contributed by atoms with E-state index in [0.29, 0.717) is 13.0 Å². The number of nitrogens with zero attached hydrogens (tertiary/aromatic N) is 2. The van der Waals surface area contributed by atoms with Crippen molar-refractivity contribution in [3.05, 3.63) is 29.3 Å². The maximum absolute atomic E-state index is 12.2. The Morgan fingerprint density at radius 2 is 2.26 bits per heavy atom. The van der Waals surface area contributed by atoms with E-state index in [1.165, 1.54) is 11.0 Å². The van der Waals surface area contributed by atoms with E-state index in [1.54, 1.807) is 24.1 Å². The number of hydrogen-bond donors (Lipinski definition) is 1. The lowest BCUT2D eigenvalue weighted by Crippen LogP contribution is -2.40. The highest BCUT2D eigenvalue weighted by Gasteiger charge is 2.27. The lowest BCUT2D eigenvalue weighted by atomic mass is 10.1. The highest BCUT2D eigenvalue weighted by Crippen LogP contribution is 2.29. The zero-order valence-electron chi connectivity index (χ0n) is 10.6. The lowest BCUT2D eigenvalue weighted by Gasteiger charge is -2.23. The third-order valence-corrected chi connectivity index (χ3v) is 3.11. The molecule has 1 aromatic rings. The summed E-state index contributed by atoms with van der Waals surface area (Å²) in [5, 5.41) is 8.94. The molecule has 5 heteroatoms. The van der Waals surface area contributed by atoms with E-state index in [0.717, 1.165) is 11.3 Å². The van der Waals surface area contributed by atoms with Gasteiger partial charge in [-0.1, -0.05) is 5.92 Å². The summed E-state index contributed by atoms with van der Waals surface area (Å²) < 4.78 is 0. The maximum atomic E-state index is 12.2. The van der Waals surface area contributed by atoms with Gasteiger partial charge >= 0.3 is 12.0 Å². The van der Waals surface area contributed by atoms with Crippen molar-refractivity contribution in [2.75, 3.05) is 25.0 Å². The molecular weight excluding hydrogens is 244 g/mol. The molecule has 1 aliphatic heterocycles. The second-order valence-electron chi connectivity index (χ2n) is 4.39. The Balaban J connectivity index is 2.25. The number of rotatable bonds is 2. The van der Waals surface area contributed by atoms with Crippen LogP contribution in [-0.4, -0.2) is 42.1 Å². The Kier molecular flexibility index (Phi) is 3.43. The van der Waals surface area contributed by atoms with Crippen LogP contribution in [0.1, 0.15) is 15.9 Å². The van der Waals surface area contributed by atoms with Crippen LogP contribution in [0.4, 0.5) is 10.5 Å². The average molecular weight is 258 g/mol. The minimum Gasteiger partial charge on any atom is -0.478 e. The summed E-state index contributed by atoms with van der Waals surface area (Å²) in [6.45, 7) is 0.796. The molecule has 2 rings (SSSR count). The summed E-state index contributed by atoms with van der Waals surface area (Å²) in [5.41, 5.74) is 1.88. The van der Waals surface area contributed by atoms with E-state index in [2.05, 4.69) is 5.92 Å². The largest absolute Gasteiger partial charge is 0.478 e. The first-order valence-corrected chi connectivity index (χ1v) is 5.87. The van der Waals surface area contributed by atoms with Crippen molar-refractivity contribution in [2.45, 2.75) is 6.42 Å². The zero-order chi connectivity index (χ0) is 14.0. The van der Waals surface area contributed by atoms with Crippen LogP contribution in [0.25, 0.3) is 0 Å². The standard InChI is InChI=1S/C14H14N2O3/c1-3-7-15(2)14(19)16-8-6-10-9-11(13(17)18)4-5-12(10)16/h1,4-5,9H,6-8H2,2H3,(H,17,18). The molecule has 0 saturated heterocycles. The molecule has 0 atom stereocenters. The van der Waals surface area contributed by atoms with Crippen molar-refractivity contribution in [3.63, 3.8) is 0 Å². The number of carbonyl (C=O) groups is 2. The van der Waals surface area contributed by atoms with Crippen LogP contribution in [0.15, 0.2) is 18.2 Å². The van der Waals surface area contributed by atoms with Crippen molar-refractivity contribution >= 4 is 17.7 Å². The molecule has 0 aliphatic carbocycles. The molecular formula is C14H14N2O3. The molecule has 1 aliphatic rings. The van der Waals surface area contributed by atoms with Gasteiger partial charge in [0.15, 0.2) is 0 Å². The van der Waals surface area contributed by atoms with Crippen LogP contribution in [0.3, 0.4) is 0 Å². The van der Waals surface area contributed by atoms with E-state index >= 15 is 0 Å². The molecule has 0 spiro atoms. The van der Waals surface area contributed by atoms with Gasteiger partial charge in [0.1, 0.15) is 0 Å². The number of hydrogen-bond acceptors (Lipinski definition) is 2. The lowest BCUT2D eigenvalue weighted by molar-refractivity contribution is 0.0697. The SMILES string of the molecule is C#CCN(C)C(=O)N1CCc2cc(C(=O)O)ccc21. The fourth-order valence-electron chi connectivity index (χ4n) is 2.14. The van der Waals surface area contributed by atoms with Crippen molar-refractivity contribution < 1.29 is 14.7 Å². The van der Waals surface area contributed by atoms with E-state index in [4.69, 9.17) is 11.5 Å². The molecule has 0 unspecified atom stereocenters. The van der Waals surface area contributed by atoms with Crippen LogP contribution in [0, 0.1) is 12.3 Å². The van der Waals surface area contributed by atoms with Crippen LogP contribution in [0.5, 0.6) is 0 Å². The summed E-state index contributed by atoms with van der Waals surface area (Å²) in [4.78, 5) is 26.1. The topological polar surface area (TPSA) is 60.9 Å². The second-order valence-corrected chi connectivity index (χ2v) is 4.39.